The van der Waals surface area contributed by atoms with Crippen LogP contribution < -0.4 is 5.32 Å². The fraction of sp³-hybridized carbons (Fsp3) is 0.267. The van der Waals surface area contributed by atoms with Crippen LogP contribution in [0.4, 0.5) is 5.82 Å². The molecule has 1 fully saturated rings. The van der Waals surface area contributed by atoms with Crippen molar-refractivity contribution in [2.75, 3.05) is 5.32 Å². The lowest BCUT2D eigenvalue weighted by molar-refractivity contribution is 0.995. The van der Waals surface area contributed by atoms with Crippen LogP contribution in [0.1, 0.15) is 23.7 Å². The summed E-state index contributed by atoms with van der Waals surface area (Å²) in [5.41, 5.74) is 2.18. The van der Waals surface area contributed by atoms with Gasteiger partial charge in [0.15, 0.2) is 5.82 Å². The molecule has 2 aromatic heterocycles. The standard InChI is InChI=1S/C15H15N5/c1-10-18-19-15-14(16-7-8-20(10)15)17-13-9-12(13)11-5-3-2-4-6-11/h2-8,12-13H,9H2,1H3,(H,16,17). The van der Waals surface area contributed by atoms with Gasteiger partial charge in [0.1, 0.15) is 5.82 Å². The van der Waals surface area contributed by atoms with Gasteiger partial charge >= 0.3 is 0 Å². The molecule has 1 aliphatic rings. The Hall–Kier alpha value is -2.43. The lowest BCUT2D eigenvalue weighted by Crippen LogP contribution is -2.07. The van der Waals surface area contributed by atoms with E-state index in [2.05, 4.69) is 50.8 Å². The highest BCUT2D eigenvalue weighted by Crippen LogP contribution is 2.42. The highest BCUT2D eigenvalue weighted by Gasteiger charge is 2.38. The Morgan fingerprint density at radius 1 is 1.20 bits per heavy atom. The maximum Gasteiger partial charge on any atom is 0.203 e. The smallest absolute Gasteiger partial charge is 0.203 e. The van der Waals surface area contributed by atoms with Crippen LogP contribution in [0.2, 0.25) is 0 Å². The second kappa shape index (κ2) is 4.30. The van der Waals surface area contributed by atoms with E-state index in [1.54, 1.807) is 6.20 Å². The van der Waals surface area contributed by atoms with E-state index in [-0.39, 0.29) is 0 Å². The van der Waals surface area contributed by atoms with Crippen molar-refractivity contribution >= 4 is 11.5 Å². The maximum atomic E-state index is 4.39. The van der Waals surface area contributed by atoms with Crippen LogP contribution in [-0.2, 0) is 0 Å². The molecule has 0 radical (unpaired) electrons. The zero-order chi connectivity index (χ0) is 13.5. The third kappa shape index (κ3) is 1.82. The molecular weight excluding hydrogens is 250 g/mol. The SMILES string of the molecule is Cc1nnc2c(NC3CC3c3ccccc3)nccn12. The van der Waals surface area contributed by atoms with Crippen LogP contribution in [0.5, 0.6) is 0 Å². The zero-order valence-electron chi connectivity index (χ0n) is 11.2. The van der Waals surface area contributed by atoms with Crippen LogP contribution in [0, 0.1) is 6.92 Å². The lowest BCUT2D eigenvalue weighted by atomic mass is 10.1. The van der Waals surface area contributed by atoms with E-state index in [4.69, 9.17) is 0 Å². The first-order valence-corrected chi connectivity index (χ1v) is 6.81. The van der Waals surface area contributed by atoms with Crippen molar-refractivity contribution in [1.82, 2.24) is 19.6 Å². The molecular formula is C15H15N5. The van der Waals surface area contributed by atoms with Gasteiger partial charge in [-0.2, -0.15) is 0 Å². The molecule has 5 nitrogen and oxygen atoms in total. The molecule has 1 N–H and O–H groups in total. The molecule has 5 heteroatoms. The average Bonchev–Trinajstić information content (AvgIpc) is 3.15. The number of rotatable bonds is 3. The number of hydrogen-bond acceptors (Lipinski definition) is 4. The number of fused-ring (bicyclic) bond motifs is 1. The van der Waals surface area contributed by atoms with Crippen LogP contribution in [-0.4, -0.2) is 25.6 Å². The van der Waals surface area contributed by atoms with E-state index < -0.39 is 0 Å². The van der Waals surface area contributed by atoms with Crippen LogP contribution >= 0.6 is 0 Å². The minimum Gasteiger partial charge on any atom is -0.364 e. The minimum atomic E-state index is 0.438. The molecule has 3 aromatic rings. The third-order valence-corrected chi connectivity index (χ3v) is 3.84. The van der Waals surface area contributed by atoms with Gasteiger partial charge in [-0.15, -0.1) is 10.2 Å². The molecule has 0 spiro atoms. The molecule has 0 aliphatic heterocycles. The van der Waals surface area contributed by atoms with Crippen molar-refractivity contribution in [1.29, 1.82) is 0 Å². The quantitative estimate of drug-likeness (QED) is 0.790. The summed E-state index contributed by atoms with van der Waals surface area (Å²) in [6.07, 6.45) is 4.81. The van der Waals surface area contributed by atoms with Gasteiger partial charge in [0.05, 0.1) is 0 Å². The number of aromatic nitrogens is 4. The lowest BCUT2D eigenvalue weighted by Gasteiger charge is -2.06. The second-order valence-electron chi connectivity index (χ2n) is 5.22. The normalized spacial score (nSPS) is 21.1. The largest absolute Gasteiger partial charge is 0.364 e. The summed E-state index contributed by atoms with van der Waals surface area (Å²) < 4.78 is 1.95. The Labute approximate surface area is 116 Å². The Morgan fingerprint density at radius 3 is 2.90 bits per heavy atom. The predicted molar refractivity (Wildman–Crippen MR) is 76.7 cm³/mol. The molecule has 0 saturated heterocycles. The fourth-order valence-corrected chi connectivity index (χ4v) is 2.64. The van der Waals surface area contributed by atoms with Crippen LogP contribution in [0.3, 0.4) is 0 Å². The van der Waals surface area contributed by atoms with E-state index in [0.717, 1.165) is 23.7 Å². The second-order valence-corrected chi connectivity index (χ2v) is 5.22. The third-order valence-electron chi connectivity index (χ3n) is 3.84. The molecule has 100 valence electrons. The van der Waals surface area contributed by atoms with Gasteiger partial charge in [-0.1, -0.05) is 30.3 Å². The summed E-state index contributed by atoms with van der Waals surface area (Å²) in [6.45, 7) is 1.94. The number of benzene rings is 1. The number of nitrogens with zero attached hydrogens (tertiary/aromatic N) is 4. The molecule has 1 saturated carbocycles. The molecule has 0 bridgehead atoms. The van der Waals surface area contributed by atoms with Crippen molar-refractivity contribution in [2.45, 2.75) is 25.3 Å². The fourth-order valence-electron chi connectivity index (χ4n) is 2.64. The minimum absolute atomic E-state index is 0.438. The first-order valence-electron chi connectivity index (χ1n) is 6.81. The number of anilines is 1. The molecule has 0 amide bonds. The molecule has 1 aliphatic carbocycles. The van der Waals surface area contributed by atoms with Crippen molar-refractivity contribution in [3.63, 3.8) is 0 Å². The van der Waals surface area contributed by atoms with Crippen LogP contribution in [0.25, 0.3) is 5.65 Å². The molecule has 2 heterocycles. The van der Waals surface area contributed by atoms with Gasteiger partial charge in [0, 0.05) is 24.4 Å². The van der Waals surface area contributed by atoms with E-state index in [1.165, 1.54) is 5.56 Å². The van der Waals surface area contributed by atoms with Crippen molar-refractivity contribution in [3.05, 3.63) is 54.1 Å². The molecule has 2 unspecified atom stereocenters. The Morgan fingerprint density at radius 2 is 2.05 bits per heavy atom. The Kier molecular flexibility index (Phi) is 2.45. The molecule has 20 heavy (non-hydrogen) atoms. The van der Waals surface area contributed by atoms with E-state index in [1.807, 2.05) is 17.5 Å². The molecule has 1 aromatic carbocycles. The summed E-state index contributed by atoms with van der Waals surface area (Å²) in [7, 11) is 0. The average molecular weight is 265 g/mol. The molecule has 2 atom stereocenters. The van der Waals surface area contributed by atoms with Crippen molar-refractivity contribution in [2.24, 2.45) is 0 Å². The highest BCUT2D eigenvalue weighted by atomic mass is 15.3. The maximum absolute atomic E-state index is 4.39. The van der Waals surface area contributed by atoms with Gasteiger partial charge in [-0.25, -0.2) is 4.98 Å². The Balaban J connectivity index is 1.58. The van der Waals surface area contributed by atoms with Gasteiger partial charge in [-0.05, 0) is 18.9 Å². The number of nitrogens with one attached hydrogen (secondary N) is 1. The van der Waals surface area contributed by atoms with E-state index >= 15 is 0 Å². The van der Waals surface area contributed by atoms with Crippen LogP contribution in [0.15, 0.2) is 42.7 Å². The zero-order valence-corrected chi connectivity index (χ0v) is 11.2. The number of aryl methyl sites for hydroxylation is 1. The summed E-state index contributed by atoms with van der Waals surface area (Å²) in [5, 5.41) is 11.8. The predicted octanol–water partition coefficient (Wildman–Crippen LogP) is 2.40. The first kappa shape index (κ1) is 11.4. The highest BCUT2D eigenvalue weighted by molar-refractivity contribution is 5.63. The summed E-state index contributed by atoms with van der Waals surface area (Å²) in [5.74, 6) is 2.26. The topological polar surface area (TPSA) is 55.1 Å². The Bertz CT molecular complexity index is 749. The number of hydrogen-bond donors (Lipinski definition) is 1. The van der Waals surface area contributed by atoms with E-state index in [0.29, 0.717) is 12.0 Å². The van der Waals surface area contributed by atoms with Gasteiger partial charge < -0.3 is 5.32 Å². The summed E-state index contributed by atoms with van der Waals surface area (Å²) >= 11 is 0. The summed E-state index contributed by atoms with van der Waals surface area (Å²) in [4.78, 5) is 4.39. The van der Waals surface area contributed by atoms with Gasteiger partial charge in [0.2, 0.25) is 5.65 Å². The van der Waals surface area contributed by atoms with Gasteiger partial charge in [0.25, 0.3) is 0 Å². The van der Waals surface area contributed by atoms with Crippen molar-refractivity contribution in [3.8, 4) is 0 Å². The monoisotopic (exact) mass is 265 g/mol. The van der Waals surface area contributed by atoms with Crippen molar-refractivity contribution < 1.29 is 0 Å². The van der Waals surface area contributed by atoms with E-state index in [9.17, 15) is 0 Å². The van der Waals surface area contributed by atoms with Gasteiger partial charge in [-0.3, -0.25) is 4.40 Å². The molecule has 4 rings (SSSR count). The summed E-state index contributed by atoms with van der Waals surface area (Å²) in [6, 6.07) is 11.0. The first-order chi connectivity index (χ1) is 9.83.